The zero-order chi connectivity index (χ0) is 26.7. The maximum atomic E-state index is 13.0. The molecule has 37 heavy (non-hydrogen) atoms. The molecule has 2 aromatic rings. The molecule has 198 valence electrons. The number of aliphatic carboxylic acids is 1. The van der Waals surface area contributed by atoms with Crippen LogP contribution in [-0.4, -0.2) is 50.1 Å². The van der Waals surface area contributed by atoms with Crippen LogP contribution in [0.5, 0.6) is 0 Å². The molecular formula is C26H26F3NO6S. The van der Waals surface area contributed by atoms with Crippen LogP contribution < -0.4 is 0 Å². The smallest absolute Gasteiger partial charge is 0.416 e. The minimum Gasteiger partial charge on any atom is -0.489 e. The van der Waals surface area contributed by atoms with Gasteiger partial charge in [-0.05, 0) is 54.0 Å². The number of ether oxygens (including phenoxy) is 2. The van der Waals surface area contributed by atoms with Gasteiger partial charge >= 0.3 is 12.1 Å². The maximum Gasteiger partial charge on any atom is 0.416 e. The molecule has 2 aliphatic rings. The van der Waals surface area contributed by atoms with Gasteiger partial charge in [-0.1, -0.05) is 30.3 Å². The summed E-state index contributed by atoms with van der Waals surface area (Å²) < 4.78 is 77.0. The number of benzene rings is 2. The summed E-state index contributed by atoms with van der Waals surface area (Å²) in [5.74, 6) is -0.722. The normalized spacial score (nSPS) is 20.9. The zero-order valence-corrected chi connectivity index (χ0v) is 20.6. The Hall–Kier alpha value is -3.15. The van der Waals surface area contributed by atoms with Gasteiger partial charge in [0.25, 0.3) is 0 Å². The predicted molar refractivity (Wildman–Crippen MR) is 128 cm³/mol. The van der Waals surface area contributed by atoms with E-state index in [9.17, 15) is 31.5 Å². The second-order valence-corrected chi connectivity index (χ2v) is 10.8. The monoisotopic (exact) mass is 537 g/mol. The van der Waals surface area contributed by atoms with E-state index in [4.69, 9.17) is 9.47 Å². The predicted octanol–water partition coefficient (Wildman–Crippen LogP) is 4.50. The highest BCUT2D eigenvalue weighted by Gasteiger charge is 2.36. The van der Waals surface area contributed by atoms with Crippen LogP contribution >= 0.6 is 0 Å². The molecule has 11 heteroatoms. The molecule has 1 fully saturated rings. The van der Waals surface area contributed by atoms with E-state index in [-0.39, 0.29) is 24.3 Å². The number of carboxylic acids is 1. The van der Waals surface area contributed by atoms with Gasteiger partial charge in [0.05, 0.1) is 30.1 Å². The van der Waals surface area contributed by atoms with Crippen LogP contribution in [0.4, 0.5) is 13.2 Å². The van der Waals surface area contributed by atoms with E-state index < -0.39 is 33.1 Å². The molecule has 0 amide bonds. The third-order valence-electron chi connectivity index (χ3n) is 6.37. The maximum absolute atomic E-state index is 13.0. The Morgan fingerprint density at radius 3 is 2.30 bits per heavy atom. The summed E-state index contributed by atoms with van der Waals surface area (Å²) in [5, 5.41) is 9.52. The molecule has 7 nitrogen and oxygen atoms in total. The average molecular weight is 538 g/mol. The van der Waals surface area contributed by atoms with Crippen LogP contribution in [-0.2, 0) is 42.5 Å². The molecule has 0 spiro atoms. The lowest BCUT2D eigenvalue weighted by molar-refractivity contribution is -0.139. The molecule has 0 radical (unpaired) electrons. The number of halogens is 3. The van der Waals surface area contributed by atoms with E-state index in [1.807, 2.05) is 0 Å². The summed E-state index contributed by atoms with van der Waals surface area (Å²) in [5.41, 5.74) is -0.756. The van der Waals surface area contributed by atoms with Crippen molar-refractivity contribution in [1.29, 1.82) is 0 Å². The van der Waals surface area contributed by atoms with Crippen molar-refractivity contribution in [2.24, 2.45) is 0 Å². The molecule has 1 aliphatic carbocycles. The van der Waals surface area contributed by atoms with Crippen molar-refractivity contribution in [2.75, 3.05) is 26.3 Å². The van der Waals surface area contributed by atoms with E-state index in [1.54, 1.807) is 30.4 Å². The zero-order valence-electron chi connectivity index (χ0n) is 19.8. The van der Waals surface area contributed by atoms with Crippen molar-refractivity contribution in [1.82, 2.24) is 4.31 Å². The van der Waals surface area contributed by atoms with Gasteiger partial charge < -0.3 is 14.6 Å². The fourth-order valence-electron chi connectivity index (χ4n) is 4.40. The number of hydrogen-bond acceptors (Lipinski definition) is 5. The molecule has 0 aromatic heterocycles. The molecule has 2 aromatic carbocycles. The first-order chi connectivity index (χ1) is 17.5. The minimum atomic E-state index is -4.49. The molecule has 0 saturated carbocycles. The van der Waals surface area contributed by atoms with Crippen LogP contribution in [0, 0.1) is 0 Å². The Balaban J connectivity index is 1.50. The van der Waals surface area contributed by atoms with Crippen LogP contribution in [0.3, 0.4) is 0 Å². The number of nitrogens with zero attached hydrogens (tertiary/aromatic N) is 1. The lowest BCUT2D eigenvalue weighted by atomic mass is 9.72. The highest BCUT2D eigenvalue weighted by molar-refractivity contribution is 7.89. The van der Waals surface area contributed by atoms with Crippen LogP contribution in [0.2, 0.25) is 0 Å². The first-order valence-corrected chi connectivity index (χ1v) is 13.0. The summed E-state index contributed by atoms with van der Waals surface area (Å²) in [4.78, 5) is 11.8. The van der Waals surface area contributed by atoms with Gasteiger partial charge in [0.1, 0.15) is 12.4 Å². The Labute approximate surface area is 212 Å². The number of sulfonamides is 1. The second kappa shape index (κ2) is 10.7. The third-order valence-corrected chi connectivity index (χ3v) is 8.29. The first-order valence-electron chi connectivity index (χ1n) is 11.6. The summed E-state index contributed by atoms with van der Waals surface area (Å²) in [6, 6.07) is 10.8. The molecule has 1 atom stereocenters. The molecular weight excluding hydrogens is 511 g/mol. The quantitative estimate of drug-likeness (QED) is 0.533. The fourth-order valence-corrected chi connectivity index (χ4v) is 5.81. The Kier molecular flexibility index (Phi) is 7.77. The second-order valence-electron chi connectivity index (χ2n) is 8.90. The van der Waals surface area contributed by atoms with Gasteiger partial charge in [-0.15, -0.1) is 0 Å². The number of rotatable bonds is 8. The van der Waals surface area contributed by atoms with Gasteiger partial charge in [0.15, 0.2) is 0 Å². The molecule has 0 bridgehead atoms. The van der Waals surface area contributed by atoms with Crippen molar-refractivity contribution in [2.45, 2.75) is 35.9 Å². The SMILES string of the molecule is O=C(O)CC1(c2ccc(C(F)(F)F)cc2)C=C(OCc2ccc(S(=O)(=O)N3CCOCC3)cc2)C=CC1. The van der Waals surface area contributed by atoms with E-state index in [1.165, 1.54) is 28.6 Å². The Morgan fingerprint density at radius 2 is 1.70 bits per heavy atom. The molecule has 1 saturated heterocycles. The number of carbonyl (C=O) groups is 1. The van der Waals surface area contributed by atoms with Crippen LogP contribution in [0.1, 0.15) is 29.5 Å². The topological polar surface area (TPSA) is 93.1 Å². The summed E-state index contributed by atoms with van der Waals surface area (Å²) in [6.07, 6.45) is 0.498. The lowest BCUT2D eigenvalue weighted by Crippen LogP contribution is -2.40. The van der Waals surface area contributed by atoms with Crippen LogP contribution in [0.25, 0.3) is 0 Å². The van der Waals surface area contributed by atoms with Crippen molar-refractivity contribution in [3.05, 3.63) is 89.2 Å². The van der Waals surface area contributed by atoms with Crippen LogP contribution in [0.15, 0.2) is 77.4 Å². The molecule has 1 heterocycles. The number of alkyl halides is 3. The number of hydrogen-bond donors (Lipinski definition) is 1. The average Bonchev–Trinajstić information content (AvgIpc) is 2.88. The lowest BCUT2D eigenvalue weighted by Gasteiger charge is -2.32. The minimum absolute atomic E-state index is 0.0875. The van der Waals surface area contributed by atoms with Gasteiger partial charge in [-0.2, -0.15) is 17.5 Å². The Bertz CT molecular complexity index is 1280. The van der Waals surface area contributed by atoms with Crippen molar-refractivity contribution in [3.8, 4) is 0 Å². The van der Waals surface area contributed by atoms with E-state index >= 15 is 0 Å². The van der Waals surface area contributed by atoms with Crippen molar-refractivity contribution >= 4 is 16.0 Å². The number of morpholine rings is 1. The first kappa shape index (κ1) is 26.9. The standard InChI is InChI=1S/C26H26F3NO6S/c27-26(28,29)21-7-5-20(6-8-21)25(17-24(31)32)11-1-2-22(16-25)36-18-19-3-9-23(10-4-19)37(33,34)30-12-14-35-15-13-30/h1-10,16H,11-15,17-18H2,(H,31,32). The summed E-state index contributed by atoms with van der Waals surface area (Å²) >= 11 is 0. The largest absolute Gasteiger partial charge is 0.489 e. The van der Waals surface area contributed by atoms with Gasteiger partial charge in [0.2, 0.25) is 10.0 Å². The van der Waals surface area contributed by atoms with Gasteiger partial charge in [-0.25, -0.2) is 8.42 Å². The van der Waals surface area contributed by atoms with E-state index in [0.29, 0.717) is 43.2 Å². The molecule has 1 aliphatic heterocycles. The van der Waals surface area contributed by atoms with Gasteiger partial charge in [-0.3, -0.25) is 4.79 Å². The summed E-state index contributed by atoms with van der Waals surface area (Å²) in [6.45, 7) is 1.38. The summed E-state index contributed by atoms with van der Waals surface area (Å²) in [7, 11) is -3.62. The highest BCUT2D eigenvalue weighted by Crippen LogP contribution is 2.40. The number of carboxylic acid groups (broad SMARTS) is 1. The van der Waals surface area contributed by atoms with E-state index in [2.05, 4.69) is 0 Å². The number of allylic oxidation sites excluding steroid dienone is 3. The van der Waals surface area contributed by atoms with E-state index in [0.717, 1.165) is 12.1 Å². The molecule has 1 unspecified atom stereocenters. The fraction of sp³-hybridized carbons (Fsp3) is 0.346. The van der Waals surface area contributed by atoms with Gasteiger partial charge in [0, 0.05) is 18.5 Å². The van der Waals surface area contributed by atoms with Crippen molar-refractivity contribution < 1.29 is 41.0 Å². The Morgan fingerprint density at radius 1 is 1.05 bits per heavy atom. The van der Waals surface area contributed by atoms with Crippen molar-refractivity contribution in [3.63, 3.8) is 0 Å². The third kappa shape index (κ3) is 6.23. The highest BCUT2D eigenvalue weighted by atomic mass is 32.2. The molecule has 4 rings (SSSR count). The molecule has 1 N–H and O–H groups in total.